The zero-order chi connectivity index (χ0) is 19.3. The van der Waals surface area contributed by atoms with Crippen LogP contribution in [0.15, 0.2) is 64.4 Å². The van der Waals surface area contributed by atoms with E-state index in [2.05, 4.69) is 31.9 Å². The molecule has 5 nitrogen and oxygen atoms in total. The lowest BCUT2D eigenvalue weighted by Crippen LogP contribution is -2.43. The Labute approximate surface area is 171 Å². The zero-order valence-corrected chi connectivity index (χ0v) is 16.8. The molecule has 4 rings (SSSR count). The molecule has 0 N–H and O–H groups in total. The number of allylic oxidation sites excluding steroid dienone is 4. The number of ether oxygens (including phenoxy) is 1. The second-order valence-corrected chi connectivity index (χ2v) is 8.05. The molecule has 7 heteroatoms. The number of fused-ring (bicyclic) bond motifs is 2. The summed E-state index contributed by atoms with van der Waals surface area (Å²) in [6.45, 7) is 0. The van der Waals surface area contributed by atoms with Gasteiger partial charge in [-0.1, -0.05) is 46.3 Å². The van der Waals surface area contributed by atoms with Crippen LogP contribution in [0, 0.1) is 5.92 Å². The Hall–Kier alpha value is -2.25. The molecule has 0 saturated heterocycles. The van der Waals surface area contributed by atoms with Gasteiger partial charge in [0.2, 0.25) is 0 Å². The van der Waals surface area contributed by atoms with Crippen LogP contribution in [0.25, 0.3) is 5.57 Å². The fraction of sp³-hybridized carbons (Fsp3) is 0.150. The van der Waals surface area contributed by atoms with Gasteiger partial charge in [-0.25, -0.2) is 0 Å². The minimum absolute atomic E-state index is 0.0397. The predicted molar refractivity (Wildman–Crippen MR) is 103 cm³/mol. The monoisotopic (exact) mass is 489 g/mol. The molecule has 136 valence electrons. The van der Waals surface area contributed by atoms with E-state index in [9.17, 15) is 19.5 Å². The number of alkyl halides is 1. The molecule has 0 amide bonds. The number of carboxylic acid groups (broad SMARTS) is 1. The molecule has 0 saturated carbocycles. The number of aromatic carboxylic acids is 1. The molecule has 3 atom stereocenters. The van der Waals surface area contributed by atoms with E-state index in [0.29, 0.717) is 22.5 Å². The third kappa shape index (κ3) is 2.85. The van der Waals surface area contributed by atoms with E-state index in [1.165, 1.54) is 18.2 Å². The number of halogens is 2. The van der Waals surface area contributed by atoms with Crippen LogP contribution in [-0.4, -0.2) is 28.5 Å². The Balaban J connectivity index is 2.04. The maximum atomic E-state index is 12.1. The summed E-state index contributed by atoms with van der Waals surface area (Å²) >= 11 is 6.64. The second-order valence-electron chi connectivity index (χ2n) is 6.27. The molecule has 0 aromatic heterocycles. The minimum atomic E-state index is -1.30. The topological polar surface area (TPSA) is 83.5 Å². The molecule has 0 bridgehead atoms. The molecular weight excluding hydrogens is 480 g/mol. The van der Waals surface area contributed by atoms with Gasteiger partial charge in [0.1, 0.15) is 21.2 Å². The number of carboxylic acids is 1. The SMILES string of the molecule is O=C1C=CC2=C(c3ccccc3C(=O)[O-])C3C=CC(=O)C(Br)C3OC2=C1Br. The number of carbonyl (C=O) groups is 3. The van der Waals surface area contributed by atoms with Crippen LogP contribution in [0.4, 0.5) is 0 Å². The highest BCUT2D eigenvalue weighted by atomic mass is 79.9. The van der Waals surface area contributed by atoms with Crippen LogP contribution in [0.5, 0.6) is 0 Å². The van der Waals surface area contributed by atoms with E-state index in [-0.39, 0.29) is 27.5 Å². The number of hydrogen-bond acceptors (Lipinski definition) is 5. The van der Waals surface area contributed by atoms with Gasteiger partial charge < -0.3 is 14.6 Å². The van der Waals surface area contributed by atoms with Crippen LogP contribution in [0.1, 0.15) is 15.9 Å². The summed E-state index contributed by atoms with van der Waals surface area (Å²) in [4.78, 5) is 35.3. The van der Waals surface area contributed by atoms with Crippen LogP contribution in [-0.2, 0) is 14.3 Å². The van der Waals surface area contributed by atoms with Crippen molar-refractivity contribution in [3.8, 4) is 0 Å². The second kappa shape index (κ2) is 6.73. The van der Waals surface area contributed by atoms with Crippen molar-refractivity contribution in [1.29, 1.82) is 0 Å². The molecule has 3 aliphatic rings. The Morgan fingerprint density at radius 1 is 1.11 bits per heavy atom. The van der Waals surface area contributed by atoms with Gasteiger partial charge in [-0.05, 0) is 45.3 Å². The first kappa shape index (κ1) is 18.1. The van der Waals surface area contributed by atoms with Crippen molar-refractivity contribution in [2.75, 3.05) is 0 Å². The first-order valence-corrected chi connectivity index (χ1v) is 9.81. The van der Waals surface area contributed by atoms with Gasteiger partial charge in [-0.15, -0.1) is 0 Å². The molecule has 1 aliphatic heterocycles. The minimum Gasteiger partial charge on any atom is -0.545 e. The van der Waals surface area contributed by atoms with E-state index < -0.39 is 16.9 Å². The smallest absolute Gasteiger partial charge is 0.196 e. The third-order valence-electron chi connectivity index (χ3n) is 4.76. The summed E-state index contributed by atoms with van der Waals surface area (Å²) in [6, 6.07) is 6.53. The molecule has 0 radical (unpaired) electrons. The van der Waals surface area contributed by atoms with Crippen molar-refractivity contribution in [3.05, 3.63) is 75.5 Å². The van der Waals surface area contributed by atoms with E-state index >= 15 is 0 Å². The van der Waals surface area contributed by atoms with Crippen molar-refractivity contribution in [3.63, 3.8) is 0 Å². The maximum absolute atomic E-state index is 12.1. The van der Waals surface area contributed by atoms with Crippen molar-refractivity contribution in [2.24, 2.45) is 5.92 Å². The van der Waals surface area contributed by atoms with Crippen LogP contribution in [0.2, 0.25) is 0 Å². The highest BCUT2D eigenvalue weighted by Crippen LogP contribution is 2.47. The van der Waals surface area contributed by atoms with E-state index in [0.717, 1.165) is 0 Å². The van der Waals surface area contributed by atoms with Crippen LogP contribution < -0.4 is 5.11 Å². The van der Waals surface area contributed by atoms with Crippen molar-refractivity contribution >= 4 is 55.0 Å². The first-order valence-electron chi connectivity index (χ1n) is 8.10. The molecule has 3 unspecified atom stereocenters. The number of rotatable bonds is 2. The van der Waals surface area contributed by atoms with Crippen LogP contribution in [0.3, 0.4) is 0 Å². The molecule has 27 heavy (non-hydrogen) atoms. The maximum Gasteiger partial charge on any atom is 0.196 e. The summed E-state index contributed by atoms with van der Waals surface area (Å²) in [5.41, 5.74) is 1.80. The molecule has 1 aromatic rings. The summed E-state index contributed by atoms with van der Waals surface area (Å²) in [6.07, 6.45) is 5.59. The normalized spacial score (nSPS) is 26.7. The number of ketones is 2. The summed E-state index contributed by atoms with van der Waals surface area (Å²) in [5.74, 6) is -1.78. The Kier molecular flexibility index (Phi) is 4.52. The number of carbonyl (C=O) groups excluding carboxylic acids is 3. The lowest BCUT2D eigenvalue weighted by Gasteiger charge is -2.40. The van der Waals surface area contributed by atoms with Gasteiger partial charge in [0.05, 0.1) is 5.97 Å². The molecule has 1 aromatic carbocycles. The molecule has 2 aliphatic carbocycles. The van der Waals surface area contributed by atoms with Gasteiger partial charge in [0, 0.05) is 17.1 Å². The lowest BCUT2D eigenvalue weighted by atomic mass is 9.76. The van der Waals surface area contributed by atoms with Crippen molar-refractivity contribution < 1.29 is 24.2 Å². The van der Waals surface area contributed by atoms with Gasteiger partial charge in [0.25, 0.3) is 0 Å². The number of benzene rings is 1. The number of hydrogen-bond donors (Lipinski definition) is 0. The Morgan fingerprint density at radius 3 is 2.59 bits per heavy atom. The molecule has 1 heterocycles. The van der Waals surface area contributed by atoms with Crippen LogP contribution >= 0.6 is 31.9 Å². The lowest BCUT2D eigenvalue weighted by molar-refractivity contribution is -0.255. The van der Waals surface area contributed by atoms with Gasteiger partial charge in [-0.3, -0.25) is 9.59 Å². The van der Waals surface area contributed by atoms with Crippen molar-refractivity contribution in [1.82, 2.24) is 0 Å². The quantitative estimate of drug-likeness (QED) is 0.594. The largest absolute Gasteiger partial charge is 0.545 e. The van der Waals surface area contributed by atoms with Gasteiger partial charge in [-0.2, -0.15) is 0 Å². The van der Waals surface area contributed by atoms with Crippen molar-refractivity contribution in [2.45, 2.75) is 10.9 Å². The zero-order valence-electron chi connectivity index (χ0n) is 13.6. The summed E-state index contributed by atoms with van der Waals surface area (Å²) in [5, 5.41) is 11.7. The van der Waals surface area contributed by atoms with E-state index in [1.807, 2.05) is 0 Å². The molecule has 0 spiro atoms. The average molecular weight is 491 g/mol. The predicted octanol–water partition coefficient (Wildman–Crippen LogP) is 2.47. The fourth-order valence-corrected chi connectivity index (χ4v) is 4.57. The highest BCUT2D eigenvalue weighted by Gasteiger charge is 2.44. The van der Waals surface area contributed by atoms with Gasteiger partial charge >= 0.3 is 0 Å². The molecule has 0 fully saturated rings. The Bertz CT molecular complexity index is 1010. The van der Waals surface area contributed by atoms with Gasteiger partial charge in [0.15, 0.2) is 11.6 Å². The van der Waals surface area contributed by atoms with E-state index in [4.69, 9.17) is 4.74 Å². The highest BCUT2D eigenvalue weighted by molar-refractivity contribution is 9.12. The first-order chi connectivity index (χ1) is 12.9. The van der Waals surface area contributed by atoms with E-state index in [1.54, 1.807) is 30.4 Å². The molecular formula is C20H11Br2O5-. The summed E-state index contributed by atoms with van der Waals surface area (Å²) < 4.78 is 6.27. The summed E-state index contributed by atoms with van der Waals surface area (Å²) in [7, 11) is 0. The third-order valence-corrected chi connectivity index (χ3v) is 6.48. The standard InChI is InChI=1S/C20H12Br2O5/c21-16-13(23)7-5-11-15(9-3-1-2-4-10(9)20(25)26)12-6-8-14(24)17(22)19(12)27-18(11)16/h1-8,11,16,18H,(H,25,26)/p-1. The average Bonchev–Trinajstić information content (AvgIpc) is 2.66. The fourth-order valence-electron chi connectivity index (χ4n) is 3.54. The Morgan fingerprint density at radius 2 is 1.85 bits per heavy atom.